The number of hydrogen-bond donors (Lipinski definition) is 0. The first-order valence-electron chi connectivity index (χ1n) is 9.36. The summed E-state index contributed by atoms with van der Waals surface area (Å²) in [5, 5.41) is 0. The summed E-state index contributed by atoms with van der Waals surface area (Å²) in [5.41, 5.74) is 0. The van der Waals surface area contributed by atoms with Gasteiger partial charge in [0.05, 0.1) is 0 Å². The second-order valence-electron chi connectivity index (χ2n) is 7.54. The van der Waals surface area contributed by atoms with E-state index in [2.05, 4.69) is 6.92 Å². The smallest absolute Gasteiger partial charge is 0.0386 e. The monoisotopic (exact) mass is 264 g/mol. The van der Waals surface area contributed by atoms with Crippen molar-refractivity contribution in [3.8, 4) is 0 Å². The predicted molar refractivity (Wildman–Crippen MR) is 85.4 cm³/mol. The zero-order valence-corrected chi connectivity index (χ0v) is 13.3. The Labute approximate surface area is 121 Å². The Bertz CT molecular complexity index is 210. The summed E-state index contributed by atoms with van der Waals surface area (Å²) in [4.78, 5) is 0. The lowest BCUT2D eigenvalue weighted by Gasteiger charge is -2.27. The van der Waals surface area contributed by atoms with Gasteiger partial charge in [0.15, 0.2) is 0 Å². The minimum absolute atomic E-state index is 0.999. The molecule has 2 aliphatic carbocycles. The molecule has 2 unspecified atom stereocenters. The lowest BCUT2D eigenvalue weighted by Crippen LogP contribution is -2.15. The molecule has 0 nitrogen and oxygen atoms in total. The van der Waals surface area contributed by atoms with Crippen molar-refractivity contribution in [3.63, 3.8) is 0 Å². The summed E-state index contributed by atoms with van der Waals surface area (Å²) >= 11 is 0. The number of rotatable bonds is 1. The van der Waals surface area contributed by atoms with Gasteiger partial charge in [-0.3, -0.25) is 0 Å². The van der Waals surface area contributed by atoms with Crippen molar-refractivity contribution < 1.29 is 0 Å². The van der Waals surface area contributed by atoms with E-state index in [9.17, 15) is 0 Å². The van der Waals surface area contributed by atoms with Crippen molar-refractivity contribution in [3.05, 3.63) is 0 Å². The van der Waals surface area contributed by atoms with Crippen molar-refractivity contribution in [1.82, 2.24) is 0 Å². The van der Waals surface area contributed by atoms with Gasteiger partial charge in [0.2, 0.25) is 0 Å². The Morgan fingerprint density at radius 1 is 0.421 bits per heavy atom. The zero-order chi connectivity index (χ0) is 13.3. The summed E-state index contributed by atoms with van der Waals surface area (Å²) in [6.45, 7) is 2.47. The summed E-state index contributed by atoms with van der Waals surface area (Å²) in [5.74, 6) is 3.18. The Morgan fingerprint density at radius 2 is 0.789 bits per heavy atom. The van der Waals surface area contributed by atoms with E-state index >= 15 is 0 Å². The van der Waals surface area contributed by atoms with E-state index in [1.807, 2.05) is 0 Å². The standard InChI is InChI=1S/C19H36/c1-17-11-8-9-15-19(16-10-12-17)18-13-6-4-2-3-5-7-14-18/h17-19H,2-16H2,1H3. The molecule has 2 aliphatic rings. The SMILES string of the molecule is CC1CCCCC(C2CCCCCCCC2)CCC1. The van der Waals surface area contributed by atoms with Crippen LogP contribution in [0.3, 0.4) is 0 Å². The highest BCUT2D eigenvalue weighted by Gasteiger charge is 2.22. The van der Waals surface area contributed by atoms with Crippen LogP contribution in [0.2, 0.25) is 0 Å². The Morgan fingerprint density at radius 3 is 1.42 bits per heavy atom. The van der Waals surface area contributed by atoms with Crippen LogP contribution in [0.25, 0.3) is 0 Å². The molecule has 19 heavy (non-hydrogen) atoms. The van der Waals surface area contributed by atoms with Gasteiger partial charge in [-0.1, -0.05) is 103 Å². The molecule has 0 aromatic carbocycles. The van der Waals surface area contributed by atoms with Crippen molar-refractivity contribution in [2.24, 2.45) is 17.8 Å². The van der Waals surface area contributed by atoms with Gasteiger partial charge in [-0.2, -0.15) is 0 Å². The summed E-state index contributed by atoms with van der Waals surface area (Å²) < 4.78 is 0. The fourth-order valence-corrected chi connectivity index (χ4v) is 4.52. The lowest BCUT2D eigenvalue weighted by atomic mass is 9.79. The molecule has 0 aliphatic heterocycles. The fraction of sp³-hybridized carbons (Fsp3) is 1.00. The first-order valence-corrected chi connectivity index (χ1v) is 9.36. The van der Waals surface area contributed by atoms with E-state index in [0.717, 1.165) is 17.8 Å². The van der Waals surface area contributed by atoms with Crippen LogP contribution in [0.1, 0.15) is 103 Å². The lowest BCUT2D eigenvalue weighted by molar-refractivity contribution is 0.246. The van der Waals surface area contributed by atoms with Crippen LogP contribution in [-0.2, 0) is 0 Å². The van der Waals surface area contributed by atoms with E-state index in [0.29, 0.717) is 0 Å². The van der Waals surface area contributed by atoms with Crippen LogP contribution in [0.4, 0.5) is 0 Å². The third-order valence-electron chi connectivity index (χ3n) is 5.86. The Kier molecular flexibility index (Phi) is 7.32. The summed E-state index contributed by atoms with van der Waals surface area (Å²) in [7, 11) is 0. The molecule has 2 atom stereocenters. The van der Waals surface area contributed by atoms with Crippen LogP contribution in [0.15, 0.2) is 0 Å². The topological polar surface area (TPSA) is 0 Å². The molecule has 0 bridgehead atoms. The molecule has 112 valence electrons. The van der Waals surface area contributed by atoms with Gasteiger partial charge in [-0.15, -0.1) is 0 Å². The minimum atomic E-state index is 0.999. The van der Waals surface area contributed by atoms with E-state index in [-0.39, 0.29) is 0 Å². The molecule has 0 aromatic heterocycles. The second-order valence-corrected chi connectivity index (χ2v) is 7.54. The van der Waals surface area contributed by atoms with E-state index < -0.39 is 0 Å². The molecule has 2 rings (SSSR count). The highest BCUT2D eigenvalue weighted by Crippen LogP contribution is 2.35. The first kappa shape index (κ1) is 15.4. The fourth-order valence-electron chi connectivity index (χ4n) is 4.52. The van der Waals surface area contributed by atoms with Crippen LogP contribution in [-0.4, -0.2) is 0 Å². The first-order chi connectivity index (χ1) is 9.36. The maximum absolute atomic E-state index is 2.47. The molecular formula is C19H36. The van der Waals surface area contributed by atoms with Crippen LogP contribution in [0, 0.1) is 17.8 Å². The van der Waals surface area contributed by atoms with Crippen molar-refractivity contribution in [2.75, 3.05) is 0 Å². The Hall–Kier alpha value is 0. The molecule has 0 heterocycles. The largest absolute Gasteiger partial charge is 0.0625 e. The Balaban J connectivity index is 1.84. The molecular weight excluding hydrogens is 228 g/mol. The van der Waals surface area contributed by atoms with Gasteiger partial charge in [-0.05, 0) is 17.8 Å². The van der Waals surface area contributed by atoms with Gasteiger partial charge in [-0.25, -0.2) is 0 Å². The van der Waals surface area contributed by atoms with E-state index in [4.69, 9.17) is 0 Å². The van der Waals surface area contributed by atoms with E-state index in [1.54, 1.807) is 25.7 Å². The van der Waals surface area contributed by atoms with E-state index in [1.165, 1.54) is 70.6 Å². The minimum Gasteiger partial charge on any atom is -0.0625 e. The van der Waals surface area contributed by atoms with Crippen LogP contribution in [0.5, 0.6) is 0 Å². The van der Waals surface area contributed by atoms with Gasteiger partial charge in [0.25, 0.3) is 0 Å². The molecule has 0 saturated heterocycles. The van der Waals surface area contributed by atoms with Crippen molar-refractivity contribution in [1.29, 1.82) is 0 Å². The molecule has 0 amide bonds. The number of hydrogen-bond acceptors (Lipinski definition) is 0. The summed E-state index contributed by atoms with van der Waals surface area (Å²) in [6, 6.07) is 0. The molecule has 0 aromatic rings. The highest BCUT2D eigenvalue weighted by atomic mass is 14.3. The van der Waals surface area contributed by atoms with Crippen LogP contribution >= 0.6 is 0 Å². The van der Waals surface area contributed by atoms with Crippen LogP contribution < -0.4 is 0 Å². The molecule has 2 saturated carbocycles. The highest BCUT2D eigenvalue weighted by molar-refractivity contribution is 4.74. The molecule has 0 heteroatoms. The average Bonchev–Trinajstić information content (AvgIpc) is 2.60. The summed E-state index contributed by atoms with van der Waals surface area (Å²) in [6.07, 6.45) is 22.9. The second kappa shape index (κ2) is 9.03. The third kappa shape index (κ3) is 5.88. The quantitative estimate of drug-likeness (QED) is 0.492. The maximum Gasteiger partial charge on any atom is -0.0386 e. The van der Waals surface area contributed by atoms with Crippen molar-refractivity contribution in [2.45, 2.75) is 103 Å². The van der Waals surface area contributed by atoms with Gasteiger partial charge in [0.1, 0.15) is 0 Å². The van der Waals surface area contributed by atoms with Gasteiger partial charge >= 0.3 is 0 Å². The zero-order valence-electron chi connectivity index (χ0n) is 13.3. The molecule has 0 radical (unpaired) electrons. The van der Waals surface area contributed by atoms with Crippen molar-refractivity contribution >= 4 is 0 Å². The predicted octanol–water partition coefficient (Wildman–Crippen LogP) is 6.73. The molecule has 2 fully saturated rings. The van der Waals surface area contributed by atoms with Gasteiger partial charge < -0.3 is 0 Å². The average molecular weight is 264 g/mol. The molecule has 0 spiro atoms. The molecule has 0 N–H and O–H groups in total. The maximum atomic E-state index is 2.47. The van der Waals surface area contributed by atoms with Gasteiger partial charge in [0, 0.05) is 0 Å². The third-order valence-corrected chi connectivity index (χ3v) is 5.86. The normalized spacial score (nSPS) is 33.3.